The predicted octanol–water partition coefficient (Wildman–Crippen LogP) is -1.45. The van der Waals surface area contributed by atoms with Gasteiger partial charge in [0.1, 0.15) is 6.04 Å². The van der Waals surface area contributed by atoms with E-state index in [1.807, 2.05) is 34.1 Å². The number of nitrogens with zero attached hydrogens (tertiary/aromatic N) is 2. The van der Waals surface area contributed by atoms with Gasteiger partial charge in [0.25, 0.3) is 11.8 Å². The molecule has 1 aromatic carbocycles. The Kier molecular flexibility index (Phi) is 7.67. The van der Waals surface area contributed by atoms with E-state index in [9.17, 15) is 9.59 Å². The standard InChI is InChI=1S/C20H29ClN4O3/c1-16(17-2-4-18(21)5-3-17)22-14-19(26)24-8-6-23(7-9-24)15-20(27)25-10-12-28-13-11-25/h2-5,16,22H,6-15H2,1H3/p+2/t16-/m1/s1. The van der Waals surface area contributed by atoms with Gasteiger partial charge < -0.3 is 24.8 Å². The highest BCUT2D eigenvalue weighted by Gasteiger charge is 2.28. The zero-order valence-electron chi connectivity index (χ0n) is 16.5. The van der Waals surface area contributed by atoms with Crippen molar-refractivity contribution in [2.24, 2.45) is 0 Å². The molecule has 0 saturated carbocycles. The van der Waals surface area contributed by atoms with Crippen LogP contribution in [0, 0.1) is 0 Å². The highest BCUT2D eigenvalue weighted by atomic mass is 35.5. The van der Waals surface area contributed by atoms with Gasteiger partial charge in [-0.1, -0.05) is 23.7 Å². The lowest BCUT2D eigenvalue weighted by atomic mass is 10.1. The van der Waals surface area contributed by atoms with E-state index in [-0.39, 0.29) is 17.9 Å². The Morgan fingerprint density at radius 3 is 2.32 bits per heavy atom. The highest BCUT2D eigenvalue weighted by molar-refractivity contribution is 6.30. The monoisotopic (exact) mass is 410 g/mol. The number of quaternary nitrogens is 2. The molecule has 2 amide bonds. The van der Waals surface area contributed by atoms with Gasteiger partial charge in [-0.2, -0.15) is 0 Å². The second-order valence-electron chi connectivity index (χ2n) is 7.58. The van der Waals surface area contributed by atoms with Gasteiger partial charge in [0.05, 0.1) is 39.4 Å². The molecule has 28 heavy (non-hydrogen) atoms. The first kappa shape index (κ1) is 21.0. The number of rotatable bonds is 6. The molecule has 2 heterocycles. The molecule has 2 aliphatic rings. The summed E-state index contributed by atoms with van der Waals surface area (Å²) in [7, 11) is 0. The van der Waals surface area contributed by atoms with E-state index in [0.29, 0.717) is 52.5 Å². The van der Waals surface area contributed by atoms with Crippen molar-refractivity contribution in [3.63, 3.8) is 0 Å². The Labute approximate surface area is 171 Å². The number of amides is 2. The molecule has 2 fully saturated rings. The lowest BCUT2D eigenvalue weighted by Gasteiger charge is -2.33. The van der Waals surface area contributed by atoms with E-state index >= 15 is 0 Å². The summed E-state index contributed by atoms with van der Waals surface area (Å²) in [4.78, 5) is 30.0. The Hall–Kier alpha value is -1.67. The maximum absolute atomic E-state index is 12.5. The normalized spacial score (nSPS) is 19.5. The minimum atomic E-state index is 0.166. The Bertz CT molecular complexity index is 656. The fourth-order valence-electron chi connectivity index (χ4n) is 3.70. The molecular formula is C20H31ClN4O3+2. The number of piperazine rings is 1. The largest absolute Gasteiger partial charge is 0.378 e. The molecule has 2 aliphatic heterocycles. The number of morpholine rings is 1. The number of halogens is 1. The van der Waals surface area contributed by atoms with Crippen LogP contribution in [0.25, 0.3) is 0 Å². The molecule has 3 rings (SSSR count). The molecule has 8 heteroatoms. The summed E-state index contributed by atoms with van der Waals surface area (Å²) >= 11 is 5.93. The van der Waals surface area contributed by atoms with Gasteiger partial charge in [-0.25, -0.2) is 0 Å². The number of ether oxygens (including phenoxy) is 1. The minimum Gasteiger partial charge on any atom is -0.378 e. The number of hydrogen-bond acceptors (Lipinski definition) is 3. The van der Waals surface area contributed by atoms with Crippen molar-refractivity contribution in [2.45, 2.75) is 13.0 Å². The Morgan fingerprint density at radius 1 is 1.07 bits per heavy atom. The zero-order chi connectivity index (χ0) is 19.9. The van der Waals surface area contributed by atoms with Crippen LogP contribution in [0.1, 0.15) is 18.5 Å². The summed E-state index contributed by atoms with van der Waals surface area (Å²) in [5, 5.41) is 2.78. The van der Waals surface area contributed by atoms with Crippen LogP contribution in [0.3, 0.4) is 0 Å². The van der Waals surface area contributed by atoms with Crippen LogP contribution in [0.4, 0.5) is 0 Å². The van der Waals surface area contributed by atoms with Gasteiger partial charge in [-0.15, -0.1) is 0 Å². The van der Waals surface area contributed by atoms with Gasteiger partial charge in [0, 0.05) is 23.7 Å². The number of carbonyl (C=O) groups excluding carboxylic acids is 2. The SMILES string of the molecule is C[C@@H]([NH2+]CC(=O)N1CC[NH+](CC(=O)N2CCOCC2)CC1)c1ccc(Cl)cc1. The second-order valence-corrected chi connectivity index (χ2v) is 8.02. The van der Waals surface area contributed by atoms with E-state index in [4.69, 9.17) is 16.3 Å². The topological polar surface area (TPSA) is 70.9 Å². The van der Waals surface area contributed by atoms with E-state index in [1.54, 1.807) is 0 Å². The lowest BCUT2D eigenvalue weighted by molar-refractivity contribution is -0.896. The van der Waals surface area contributed by atoms with Gasteiger partial charge in [0.2, 0.25) is 0 Å². The van der Waals surface area contributed by atoms with E-state index in [2.05, 4.69) is 12.2 Å². The lowest BCUT2D eigenvalue weighted by Crippen LogP contribution is -3.16. The number of hydrogen-bond donors (Lipinski definition) is 2. The van der Waals surface area contributed by atoms with Crippen LogP contribution in [0.2, 0.25) is 5.02 Å². The van der Waals surface area contributed by atoms with Crippen molar-refractivity contribution >= 4 is 23.4 Å². The third kappa shape index (κ3) is 5.91. The molecule has 1 aromatic rings. The third-order valence-electron chi connectivity index (χ3n) is 5.63. The maximum atomic E-state index is 12.5. The van der Waals surface area contributed by atoms with E-state index in [0.717, 1.165) is 23.7 Å². The van der Waals surface area contributed by atoms with Crippen LogP contribution in [0.15, 0.2) is 24.3 Å². The molecule has 2 saturated heterocycles. The van der Waals surface area contributed by atoms with Gasteiger partial charge in [-0.05, 0) is 19.1 Å². The molecule has 154 valence electrons. The van der Waals surface area contributed by atoms with Crippen LogP contribution in [-0.4, -0.2) is 87.2 Å². The second kappa shape index (κ2) is 10.2. The van der Waals surface area contributed by atoms with Crippen LogP contribution < -0.4 is 10.2 Å². The molecule has 0 bridgehead atoms. The minimum absolute atomic E-state index is 0.166. The smallest absolute Gasteiger partial charge is 0.278 e. The highest BCUT2D eigenvalue weighted by Crippen LogP contribution is 2.13. The average Bonchev–Trinajstić information content (AvgIpc) is 2.73. The van der Waals surface area contributed by atoms with Crippen molar-refractivity contribution in [2.75, 3.05) is 65.6 Å². The molecule has 0 aliphatic carbocycles. The Balaban J connectivity index is 1.37. The fourth-order valence-corrected chi connectivity index (χ4v) is 3.82. The van der Waals surface area contributed by atoms with Crippen LogP contribution in [-0.2, 0) is 14.3 Å². The molecule has 0 unspecified atom stereocenters. The molecule has 7 nitrogen and oxygen atoms in total. The number of benzene rings is 1. The summed E-state index contributed by atoms with van der Waals surface area (Å²) in [5.41, 5.74) is 1.16. The van der Waals surface area contributed by atoms with Crippen molar-refractivity contribution in [1.29, 1.82) is 0 Å². The van der Waals surface area contributed by atoms with Crippen molar-refractivity contribution < 1.29 is 24.5 Å². The molecule has 0 radical (unpaired) electrons. The predicted molar refractivity (Wildman–Crippen MR) is 106 cm³/mol. The summed E-state index contributed by atoms with van der Waals surface area (Å²) < 4.78 is 5.30. The van der Waals surface area contributed by atoms with Gasteiger partial charge in [-0.3, -0.25) is 9.59 Å². The Morgan fingerprint density at radius 2 is 1.68 bits per heavy atom. The molecule has 3 N–H and O–H groups in total. The number of nitrogens with one attached hydrogen (secondary N) is 1. The van der Waals surface area contributed by atoms with Crippen LogP contribution >= 0.6 is 11.6 Å². The summed E-state index contributed by atoms with van der Waals surface area (Å²) in [6.45, 7) is 8.79. The summed E-state index contributed by atoms with van der Waals surface area (Å²) in [6, 6.07) is 7.97. The zero-order valence-corrected chi connectivity index (χ0v) is 17.3. The number of carbonyl (C=O) groups is 2. The van der Waals surface area contributed by atoms with Crippen molar-refractivity contribution in [3.05, 3.63) is 34.9 Å². The van der Waals surface area contributed by atoms with E-state index in [1.165, 1.54) is 4.90 Å². The third-order valence-corrected chi connectivity index (χ3v) is 5.88. The van der Waals surface area contributed by atoms with Crippen molar-refractivity contribution in [3.8, 4) is 0 Å². The first-order chi connectivity index (χ1) is 13.5. The molecule has 0 aromatic heterocycles. The molecular weight excluding hydrogens is 380 g/mol. The van der Waals surface area contributed by atoms with Gasteiger partial charge in [0.15, 0.2) is 13.1 Å². The maximum Gasteiger partial charge on any atom is 0.278 e. The van der Waals surface area contributed by atoms with Gasteiger partial charge >= 0.3 is 0 Å². The summed E-state index contributed by atoms with van der Waals surface area (Å²) in [5.74, 6) is 0.363. The molecule has 1 atom stereocenters. The van der Waals surface area contributed by atoms with Crippen LogP contribution in [0.5, 0.6) is 0 Å². The molecule has 0 spiro atoms. The fraction of sp³-hybridized carbons (Fsp3) is 0.600. The first-order valence-electron chi connectivity index (χ1n) is 10.1. The van der Waals surface area contributed by atoms with E-state index < -0.39 is 0 Å². The quantitative estimate of drug-likeness (QED) is 0.603. The van der Waals surface area contributed by atoms with Crippen molar-refractivity contribution in [1.82, 2.24) is 9.80 Å². The first-order valence-corrected chi connectivity index (χ1v) is 10.5. The summed E-state index contributed by atoms with van der Waals surface area (Å²) in [6.07, 6.45) is 0. The average molecular weight is 411 g/mol. The number of nitrogens with two attached hydrogens (primary N) is 1.